The Hall–Kier alpha value is -3.65. The molecule has 8 heteroatoms. The maximum Gasteiger partial charge on any atom is 0.184 e. The number of nitrogens with one attached hydrogen (secondary N) is 2. The zero-order valence-electron chi connectivity index (χ0n) is 20.3. The fourth-order valence-corrected chi connectivity index (χ4v) is 5.60. The van der Waals surface area contributed by atoms with Crippen LogP contribution in [-0.2, 0) is 14.6 Å². The highest BCUT2D eigenvalue weighted by molar-refractivity contribution is 7.92. The van der Waals surface area contributed by atoms with Gasteiger partial charge < -0.3 is 20.5 Å². The molecule has 0 amide bonds. The average Bonchev–Trinajstić information content (AvgIpc) is 2.89. The molecule has 0 radical (unpaired) electrons. The van der Waals surface area contributed by atoms with E-state index in [0.717, 1.165) is 42.8 Å². The topological polar surface area (TPSA) is 111 Å². The van der Waals surface area contributed by atoms with Gasteiger partial charge in [0, 0.05) is 36.3 Å². The second kappa shape index (κ2) is 11.4. The minimum absolute atomic E-state index is 0.0351. The van der Waals surface area contributed by atoms with Crippen molar-refractivity contribution in [3.05, 3.63) is 83.4 Å². The van der Waals surface area contributed by atoms with Crippen LogP contribution in [0.15, 0.2) is 76.6 Å². The molecular formula is C28H30N3O4S-. The van der Waals surface area contributed by atoms with Crippen molar-refractivity contribution in [2.75, 3.05) is 25.4 Å². The normalized spacial score (nSPS) is 15.5. The molecule has 2 N–H and O–H groups in total. The molecule has 3 aromatic carbocycles. The number of fused-ring (bicyclic) bond motifs is 1. The summed E-state index contributed by atoms with van der Waals surface area (Å²) in [6.45, 7) is 4.93. The molecule has 36 heavy (non-hydrogen) atoms. The first-order valence-electron chi connectivity index (χ1n) is 12.1. The number of allylic oxidation sites excluding steroid dienone is 1. The van der Waals surface area contributed by atoms with Gasteiger partial charge in [-0.05, 0) is 48.8 Å². The lowest BCUT2D eigenvalue weighted by Crippen LogP contribution is -2.30. The number of carboxylic acid groups (broad SMARTS) is 1. The first-order valence-corrected chi connectivity index (χ1v) is 13.7. The third-order valence-electron chi connectivity index (χ3n) is 6.15. The molecule has 2 aliphatic heterocycles. The molecule has 0 atom stereocenters. The SMILES string of the molecule is C1=C(c2ccc(C3=NCCCN3)cc2)NCCC1.Cc1cccc2c(S(=O)(=O)CC(=O)[O-])cccc12. The number of benzene rings is 3. The Balaban J connectivity index is 0.000000169. The van der Waals surface area contributed by atoms with E-state index in [0.29, 0.717) is 5.39 Å². The summed E-state index contributed by atoms with van der Waals surface area (Å²) in [6.07, 6.45) is 5.84. The number of aliphatic carboxylic acids is 1. The molecule has 7 nitrogen and oxygen atoms in total. The minimum atomic E-state index is -3.86. The molecule has 0 aromatic heterocycles. The number of amidine groups is 1. The van der Waals surface area contributed by atoms with E-state index >= 15 is 0 Å². The van der Waals surface area contributed by atoms with E-state index in [4.69, 9.17) is 0 Å². The number of carbonyl (C=O) groups excluding carboxylic acids is 1. The van der Waals surface area contributed by atoms with Crippen molar-refractivity contribution in [1.29, 1.82) is 0 Å². The van der Waals surface area contributed by atoms with E-state index in [1.54, 1.807) is 18.2 Å². The van der Waals surface area contributed by atoms with Gasteiger partial charge in [0.25, 0.3) is 0 Å². The van der Waals surface area contributed by atoms with Crippen LogP contribution in [0.2, 0.25) is 0 Å². The van der Waals surface area contributed by atoms with Crippen LogP contribution < -0.4 is 15.7 Å². The molecule has 5 rings (SSSR count). The summed E-state index contributed by atoms with van der Waals surface area (Å²) in [5.74, 6) is -1.56. The zero-order chi connectivity index (χ0) is 25.5. The number of carbonyl (C=O) groups is 1. The lowest BCUT2D eigenvalue weighted by atomic mass is 10.0. The number of hydrogen-bond acceptors (Lipinski definition) is 7. The van der Waals surface area contributed by atoms with E-state index in [2.05, 4.69) is 46.0 Å². The van der Waals surface area contributed by atoms with Crippen molar-refractivity contribution >= 4 is 38.1 Å². The van der Waals surface area contributed by atoms with Crippen molar-refractivity contribution in [2.45, 2.75) is 31.1 Å². The molecule has 0 aliphatic carbocycles. The zero-order valence-corrected chi connectivity index (χ0v) is 21.1. The number of aryl methyl sites for hydroxylation is 1. The molecule has 0 unspecified atom stereocenters. The molecule has 188 valence electrons. The van der Waals surface area contributed by atoms with Gasteiger partial charge in [-0.3, -0.25) is 4.99 Å². The first-order chi connectivity index (χ1) is 17.3. The van der Waals surface area contributed by atoms with Crippen molar-refractivity contribution in [1.82, 2.24) is 10.6 Å². The number of hydrogen-bond donors (Lipinski definition) is 2. The summed E-state index contributed by atoms with van der Waals surface area (Å²) < 4.78 is 23.9. The number of aliphatic imine (C=N–C) groups is 1. The standard InChI is InChI=1S/C15H19N3.C13H12O4S/c1-2-9-16-14(4-1)12-5-7-13(8-6-12)15-17-10-3-11-18-15;1-9-4-2-6-11-10(9)5-3-7-12(11)18(16,17)8-13(14)15/h4-8,16H,1-3,9-11H2,(H,17,18);2-7H,8H2,1H3,(H,14,15)/p-1. The van der Waals surface area contributed by atoms with Crippen LogP contribution in [0.25, 0.3) is 16.5 Å². The van der Waals surface area contributed by atoms with Gasteiger partial charge in [0.15, 0.2) is 9.84 Å². The Morgan fingerprint density at radius 2 is 1.61 bits per heavy atom. The number of carboxylic acids is 1. The molecular weight excluding hydrogens is 474 g/mol. The van der Waals surface area contributed by atoms with Gasteiger partial charge in [0.05, 0.1) is 16.6 Å². The smallest absolute Gasteiger partial charge is 0.184 e. The monoisotopic (exact) mass is 504 g/mol. The van der Waals surface area contributed by atoms with Crippen LogP contribution in [0.4, 0.5) is 0 Å². The highest BCUT2D eigenvalue weighted by Gasteiger charge is 2.18. The fourth-order valence-electron chi connectivity index (χ4n) is 4.34. The van der Waals surface area contributed by atoms with Crippen molar-refractivity contribution in [3.8, 4) is 0 Å². The highest BCUT2D eigenvalue weighted by Crippen LogP contribution is 2.26. The summed E-state index contributed by atoms with van der Waals surface area (Å²) in [7, 11) is -3.86. The Morgan fingerprint density at radius 1 is 0.917 bits per heavy atom. The van der Waals surface area contributed by atoms with E-state index < -0.39 is 21.6 Å². The molecule has 0 saturated heterocycles. The summed E-state index contributed by atoms with van der Waals surface area (Å²) in [6, 6.07) is 18.8. The van der Waals surface area contributed by atoms with Gasteiger partial charge >= 0.3 is 0 Å². The van der Waals surface area contributed by atoms with Gasteiger partial charge in [-0.1, -0.05) is 60.7 Å². The van der Waals surface area contributed by atoms with Crippen molar-refractivity contribution in [2.24, 2.45) is 4.99 Å². The van der Waals surface area contributed by atoms with Gasteiger partial charge in [-0.15, -0.1) is 0 Å². The van der Waals surface area contributed by atoms with Crippen LogP contribution in [0, 0.1) is 6.92 Å². The van der Waals surface area contributed by atoms with Crippen LogP contribution in [0.3, 0.4) is 0 Å². The lowest BCUT2D eigenvalue weighted by molar-refractivity contribution is -0.301. The van der Waals surface area contributed by atoms with Gasteiger partial charge in [-0.25, -0.2) is 8.42 Å². The van der Waals surface area contributed by atoms with E-state index in [1.165, 1.54) is 35.7 Å². The maximum absolute atomic E-state index is 11.9. The minimum Gasteiger partial charge on any atom is -0.549 e. The fraction of sp³-hybridized carbons (Fsp3) is 0.286. The number of rotatable bonds is 5. The van der Waals surface area contributed by atoms with Crippen LogP contribution in [0.1, 0.15) is 36.0 Å². The van der Waals surface area contributed by atoms with E-state index in [9.17, 15) is 18.3 Å². The molecule has 2 heterocycles. The third kappa shape index (κ3) is 6.12. The lowest BCUT2D eigenvalue weighted by Gasteiger charge is -2.17. The number of nitrogens with zero attached hydrogens (tertiary/aromatic N) is 1. The Kier molecular flexibility index (Phi) is 8.05. The second-order valence-corrected chi connectivity index (χ2v) is 10.8. The van der Waals surface area contributed by atoms with Gasteiger partial charge in [0.1, 0.15) is 5.84 Å². The third-order valence-corrected chi connectivity index (χ3v) is 7.80. The highest BCUT2D eigenvalue weighted by atomic mass is 32.2. The molecule has 0 saturated carbocycles. The first kappa shape index (κ1) is 25.4. The van der Waals surface area contributed by atoms with E-state index in [1.807, 2.05) is 19.1 Å². The van der Waals surface area contributed by atoms with Crippen molar-refractivity contribution in [3.63, 3.8) is 0 Å². The predicted molar refractivity (Wildman–Crippen MR) is 141 cm³/mol. The largest absolute Gasteiger partial charge is 0.549 e. The quantitative estimate of drug-likeness (QED) is 0.553. The van der Waals surface area contributed by atoms with Gasteiger partial charge in [-0.2, -0.15) is 0 Å². The van der Waals surface area contributed by atoms with E-state index in [-0.39, 0.29) is 4.90 Å². The number of sulfone groups is 1. The summed E-state index contributed by atoms with van der Waals surface area (Å²) in [4.78, 5) is 15.1. The maximum atomic E-state index is 11.9. The van der Waals surface area contributed by atoms with Gasteiger partial charge in [0.2, 0.25) is 0 Å². The molecule has 0 bridgehead atoms. The predicted octanol–water partition coefficient (Wildman–Crippen LogP) is 2.82. The summed E-state index contributed by atoms with van der Waals surface area (Å²) >= 11 is 0. The van der Waals surface area contributed by atoms with Crippen LogP contribution in [0.5, 0.6) is 0 Å². The molecule has 0 fully saturated rings. The summed E-state index contributed by atoms with van der Waals surface area (Å²) in [5, 5.41) is 18.6. The van der Waals surface area contributed by atoms with Crippen LogP contribution in [-0.4, -0.2) is 45.6 Å². The Bertz CT molecular complexity index is 1370. The average molecular weight is 505 g/mol. The Morgan fingerprint density at radius 3 is 2.28 bits per heavy atom. The summed E-state index contributed by atoms with van der Waals surface area (Å²) in [5.41, 5.74) is 4.68. The molecule has 0 spiro atoms. The van der Waals surface area contributed by atoms with Crippen LogP contribution >= 0.6 is 0 Å². The second-order valence-electron chi connectivity index (χ2n) is 8.83. The molecule has 3 aromatic rings. The molecule has 2 aliphatic rings. The van der Waals surface area contributed by atoms with Crippen molar-refractivity contribution < 1.29 is 18.3 Å². The Labute approximate surface area is 211 Å².